The topological polar surface area (TPSA) is 59.0 Å². The van der Waals surface area contributed by atoms with Gasteiger partial charge in [0.1, 0.15) is 12.4 Å². The zero-order valence-electron chi connectivity index (χ0n) is 16.3. The third-order valence-corrected chi connectivity index (χ3v) is 6.76. The third-order valence-electron chi connectivity index (χ3n) is 6.24. The van der Waals surface area contributed by atoms with Crippen molar-refractivity contribution in [2.75, 3.05) is 0 Å². The number of hydrazone groups is 1. The molecule has 2 aromatic carbocycles. The van der Waals surface area contributed by atoms with Gasteiger partial charge in [-0.2, -0.15) is 10.1 Å². The summed E-state index contributed by atoms with van der Waals surface area (Å²) in [5, 5.41) is 5.35. The molecule has 0 unspecified atom stereocenters. The third kappa shape index (κ3) is 3.49. The number of hydrogen-bond donors (Lipinski definition) is 0. The second kappa shape index (κ2) is 7.84. The number of carbonyl (C=O) groups excluding carboxylic acids is 2. The van der Waals surface area contributed by atoms with Gasteiger partial charge in [0.2, 0.25) is 0 Å². The summed E-state index contributed by atoms with van der Waals surface area (Å²) in [7, 11) is 0. The lowest BCUT2D eigenvalue weighted by Gasteiger charge is -2.37. The van der Waals surface area contributed by atoms with Crippen LogP contribution < -0.4 is 4.74 Å². The Bertz CT molecular complexity index is 1010. The zero-order valence-corrected chi connectivity index (χ0v) is 17.9. The maximum Gasteiger partial charge on any atom is 0.254 e. The fraction of sp³-hybridized carbons (Fsp3) is 0.292. The number of hydrogen-bond acceptors (Lipinski definition) is 4. The quantitative estimate of drug-likeness (QED) is 0.370. The molecule has 4 atom stereocenters. The average molecular weight is 465 g/mol. The summed E-state index contributed by atoms with van der Waals surface area (Å²) in [6.45, 7) is 0.454. The van der Waals surface area contributed by atoms with Crippen LogP contribution in [0.3, 0.4) is 0 Å². The molecule has 5 nitrogen and oxygen atoms in total. The Kier molecular flexibility index (Phi) is 5.03. The molecule has 30 heavy (non-hydrogen) atoms. The molecule has 4 aliphatic rings. The van der Waals surface area contributed by atoms with Crippen LogP contribution in [0.15, 0.2) is 70.3 Å². The van der Waals surface area contributed by atoms with E-state index in [-0.39, 0.29) is 35.5 Å². The highest BCUT2D eigenvalue weighted by molar-refractivity contribution is 9.10. The number of amides is 2. The van der Waals surface area contributed by atoms with Crippen molar-refractivity contribution in [3.63, 3.8) is 0 Å². The smallest absolute Gasteiger partial charge is 0.254 e. The summed E-state index contributed by atoms with van der Waals surface area (Å²) in [6, 6.07) is 15.4. The van der Waals surface area contributed by atoms with Crippen LogP contribution in [-0.4, -0.2) is 23.0 Å². The molecule has 1 heterocycles. The van der Waals surface area contributed by atoms with Gasteiger partial charge in [0, 0.05) is 4.47 Å². The molecule has 0 aromatic heterocycles. The molecule has 6 rings (SSSR count). The maximum atomic E-state index is 12.8. The SMILES string of the molecule is O=C1[C@@H]2[C@H](C(=O)N1/N=C\c1cccc(OCc3ccc(Br)cc3)c1)[C@H]1C=C[C@H]2CC1. The molecule has 2 aromatic rings. The Morgan fingerprint density at radius 2 is 1.67 bits per heavy atom. The minimum absolute atomic E-state index is 0.164. The highest BCUT2D eigenvalue weighted by Gasteiger charge is 2.56. The first-order valence-corrected chi connectivity index (χ1v) is 11.0. The van der Waals surface area contributed by atoms with E-state index < -0.39 is 0 Å². The van der Waals surface area contributed by atoms with E-state index in [4.69, 9.17) is 4.74 Å². The minimum atomic E-state index is -0.237. The number of benzene rings is 2. The molecule has 1 saturated heterocycles. The van der Waals surface area contributed by atoms with Crippen molar-refractivity contribution in [2.45, 2.75) is 19.4 Å². The summed E-state index contributed by atoms with van der Waals surface area (Å²) in [5.74, 6) is 0.250. The van der Waals surface area contributed by atoms with Crippen molar-refractivity contribution in [2.24, 2.45) is 28.8 Å². The van der Waals surface area contributed by atoms with E-state index in [1.165, 1.54) is 0 Å². The first-order chi connectivity index (χ1) is 14.6. The van der Waals surface area contributed by atoms with Crippen LogP contribution in [0, 0.1) is 23.7 Å². The predicted molar refractivity (Wildman–Crippen MR) is 117 cm³/mol. The van der Waals surface area contributed by atoms with E-state index >= 15 is 0 Å². The fourth-order valence-electron chi connectivity index (χ4n) is 4.73. The van der Waals surface area contributed by atoms with Crippen molar-refractivity contribution in [3.8, 4) is 5.75 Å². The number of rotatable bonds is 5. The van der Waals surface area contributed by atoms with Gasteiger partial charge >= 0.3 is 0 Å². The lowest BCUT2D eigenvalue weighted by atomic mass is 9.63. The van der Waals surface area contributed by atoms with E-state index in [0.29, 0.717) is 12.4 Å². The molecule has 1 aliphatic heterocycles. The molecule has 0 N–H and O–H groups in total. The van der Waals surface area contributed by atoms with Crippen LogP contribution in [0.2, 0.25) is 0 Å². The van der Waals surface area contributed by atoms with Crippen LogP contribution in [0.4, 0.5) is 0 Å². The lowest BCUT2D eigenvalue weighted by molar-refractivity contribution is -0.140. The van der Waals surface area contributed by atoms with Gasteiger partial charge in [-0.3, -0.25) is 9.59 Å². The van der Waals surface area contributed by atoms with Crippen molar-refractivity contribution in [1.82, 2.24) is 5.01 Å². The molecule has 2 fully saturated rings. The Labute approximate surface area is 183 Å². The monoisotopic (exact) mass is 464 g/mol. The van der Waals surface area contributed by atoms with Crippen LogP contribution >= 0.6 is 15.9 Å². The summed E-state index contributed by atoms with van der Waals surface area (Å²) in [5.41, 5.74) is 1.84. The van der Waals surface area contributed by atoms with Gasteiger partial charge in [0.15, 0.2) is 0 Å². The highest BCUT2D eigenvalue weighted by atomic mass is 79.9. The molecule has 2 bridgehead atoms. The molecule has 1 saturated carbocycles. The number of nitrogens with zero attached hydrogens (tertiary/aromatic N) is 2. The average Bonchev–Trinajstić information content (AvgIpc) is 3.05. The van der Waals surface area contributed by atoms with Crippen molar-refractivity contribution in [1.29, 1.82) is 0 Å². The summed E-state index contributed by atoms with van der Waals surface area (Å²) >= 11 is 3.42. The van der Waals surface area contributed by atoms with E-state index in [1.807, 2.05) is 48.5 Å². The predicted octanol–water partition coefficient (Wildman–Crippen LogP) is 4.56. The second-order valence-electron chi connectivity index (χ2n) is 8.06. The highest BCUT2D eigenvalue weighted by Crippen LogP contribution is 2.49. The van der Waals surface area contributed by atoms with Crippen LogP contribution in [0.25, 0.3) is 0 Å². The van der Waals surface area contributed by atoms with Gasteiger partial charge in [0.25, 0.3) is 11.8 Å². The first-order valence-electron chi connectivity index (χ1n) is 10.2. The van der Waals surface area contributed by atoms with E-state index in [2.05, 4.69) is 33.2 Å². The second-order valence-corrected chi connectivity index (χ2v) is 8.98. The fourth-order valence-corrected chi connectivity index (χ4v) is 4.99. The van der Waals surface area contributed by atoms with E-state index in [9.17, 15) is 9.59 Å². The largest absolute Gasteiger partial charge is 0.489 e. The molecule has 3 aliphatic carbocycles. The van der Waals surface area contributed by atoms with Gasteiger partial charge in [-0.1, -0.05) is 52.3 Å². The van der Waals surface area contributed by atoms with Gasteiger partial charge in [-0.05, 0) is 60.1 Å². The molecular weight excluding hydrogens is 444 g/mol. The molecule has 152 valence electrons. The van der Waals surface area contributed by atoms with Crippen molar-refractivity contribution < 1.29 is 14.3 Å². The lowest BCUT2D eigenvalue weighted by Crippen LogP contribution is -2.38. The molecule has 0 radical (unpaired) electrons. The molecule has 2 amide bonds. The zero-order chi connectivity index (χ0) is 20.7. The number of ether oxygens (including phenoxy) is 1. The van der Waals surface area contributed by atoms with E-state index in [0.717, 1.165) is 33.5 Å². The Morgan fingerprint density at radius 1 is 1.00 bits per heavy atom. The molecular formula is C24H21BrN2O3. The summed E-state index contributed by atoms with van der Waals surface area (Å²) in [4.78, 5) is 25.7. The van der Waals surface area contributed by atoms with Crippen LogP contribution in [-0.2, 0) is 16.2 Å². The van der Waals surface area contributed by atoms with Gasteiger partial charge in [0.05, 0.1) is 18.1 Å². The van der Waals surface area contributed by atoms with Crippen molar-refractivity contribution >= 4 is 34.0 Å². The maximum absolute atomic E-state index is 12.8. The van der Waals surface area contributed by atoms with Crippen molar-refractivity contribution in [3.05, 3.63) is 76.3 Å². The standard InChI is InChI=1S/C24H21BrN2O3/c25-19-10-4-15(5-11-19)14-30-20-3-1-2-16(12-20)13-26-27-23(28)21-17-6-7-18(9-8-17)22(21)24(27)29/h1-7,10-13,17-18,21-22H,8-9,14H2/b26-13-/t17-,18-,21-,22+/m0/s1. The number of imide groups is 1. The summed E-state index contributed by atoms with van der Waals surface area (Å²) < 4.78 is 6.89. The Balaban J connectivity index is 1.28. The molecule has 6 heteroatoms. The Morgan fingerprint density at radius 3 is 2.30 bits per heavy atom. The van der Waals surface area contributed by atoms with Gasteiger partial charge in [-0.15, -0.1) is 0 Å². The van der Waals surface area contributed by atoms with Crippen LogP contribution in [0.5, 0.6) is 5.75 Å². The summed E-state index contributed by atoms with van der Waals surface area (Å²) in [6.07, 6.45) is 7.75. The number of carbonyl (C=O) groups is 2. The number of allylic oxidation sites excluding steroid dienone is 2. The Hall–Kier alpha value is -2.73. The first kappa shape index (κ1) is 19.2. The van der Waals surface area contributed by atoms with Gasteiger partial charge < -0.3 is 4.74 Å². The molecule has 0 spiro atoms. The normalized spacial score (nSPS) is 27.2. The minimum Gasteiger partial charge on any atom is -0.489 e. The number of halogens is 1. The number of fused-ring (bicyclic) bond motifs is 1. The van der Waals surface area contributed by atoms with E-state index in [1.54, 1.807) is 6.21 Å². The van der Waals surface area contributed by atoms with Crippen LogP contribution in [0.1, 0.15) is 24.0 Å². The van der Waals surface area contributed by atoms with Gasteiger partial charge in [-0.25, -0.2) is 0 Å².